The van der Waals surface area contributed by atoms with Gasteiger partial charge < -0.3 is 14.5 Å². The molecule has 126 valence electrons. The molecule has 1 aromatic carbocycles. The van der Waals surface area contributed by atoms with Crippen LogP contribution in [0.25, 0.3) is 22.2 Å². The lowest BCUT2D eigenvalue weighted by molar-refractivity contribution is -0.141. The summed E-state index contributed by atoms with van der Waals surface area (Å²) in [6.07, 6.45) is 0.0182. The molecule has 1 amide bonds. The van der Waals surface area contributed by atoms with Crippen LogP contribution in [0.5, 0.6) is 0 Å². The van der Waals surface area contributed by atoms with Gasteiger partial charge in [0.2, 0.25) is 11.7 Å². The van der Waals surface area contributed by atoms with Crippen molar-refractivity contribution in [3.05, 3.63) is 41.8 Å². The number of hydrogen-bond acceptors (Lipinski definition) is 6. The Morgan fingerprint density at radius 2 is 2.20 bits per heavy atom. The highest BCUT2D eigenvalue weighted by molar-refractivity contribution is 7.13. The molecule has 3 heterocycles. The molecule has 1 aliphatic rings. The van der Waals surface area contributed by atoms with E-state index in [9.17, 15) is 9.59 Å². The molecule has 25 heavy (non-hydrogen) atoms. The SMILES string of the molecule is O=C(O)[C@@H]1CC(=O)N(c2cccc(-c3noc(-c4cccs4)n3)c2)C1. The minimum atomic E-state index is -0.953. The molecule has 1 aliphatic heterocycles. The highest BCUT2D eigenvalue weighted by Gasteiger charge is 2.35. The normalized spacial score (nSPS) is 17.2. The minimum absolute atomic E-state index is 0.0182. The van der Waals surface area contributed by atoms with Crippen LogP contribution >= 0.6 is 11.3 Å². The molecule has 0 spiro atoms. The summed E-state index contributed by atoms with van der Waals surface area (Å²) in [5.74, 6) is -0.959. The Balaban J connectivity index is 1.62. The quantitative estimate of drug-likeness (QED) is 0.773. The van der Waals surface area contributed by atoms with Crippen molar-refractivity contribution in [2.24, 2.45) is 5.92 Å². The van der Waals surface area contributed by atoms with Crippen LogP contribution in [-0.4, -0.2) is 33.7 Å². The van der Waals surface area contributed by atoms with Gasteiger partial charge in [-0.25, -0.2) is 0 Å². The summed E-state index contributed by atoms with van der Waals surface area (Å²) in [6, 6.07) is 10.9. The van der Waals surface area contributed by atoms with Crippen LogP contribution in [0.4, 0.5) is 5.69 Å². The number of carboxylic acid groups (broad SMARTS) is 1. The van der Waals surface area contributed by atoms with Crippen LogP contribution in [0.2, 0.25) is 0 Å². The second-order valence-electron chi connectivity index (χ2n) is 5.69. The molecule has 0 radical (unpaired) electrons. The van der Waals surface area contributed by atoms with E-state index in [1.165, 1.54) is 16.2 Å². The average molecular weight is 355 g/mol. The number of anilines is 1. The van der Waals surface area contributed by atoms with E-state index in [1.54, 1.807) is 18.2 Å². The topological polar surface area (TPSA) is 96.5 Å². The molecule has 3 aromatic rings. The number of aliphatic carboxylic acids is 1. The van der Waals surface area contributed by atoms with Crippen molar-refractivity contribution in [1.29, 1.82) is 0 Å². The summed E-state index contributed by atoms with van der Waals surface area (Å²) in [5.41, 5.74) is 1.34. The van der Waals surface area contributed by atoms with Crippen molar-refractivity contribution in [3.8, 4) is 22.2 Å². The van der Waals surface area contributed by atoms with E-state index in [0.29, 0.717) is 23.0 Å². The Morgan fingerprint density at radius 3 is 2.92 bits per heavy atom. The van der Waals surface area contributed by atoms with E-state index in [1.807, 2.05) is 23.6 Å². The summed E-state index contributed by atoms with van der Waals surface area (Å²) < 4.78 is 5.29. The van der Waals surface area contributed by atoms with Crippen molar-refractivity contribution in [3.63, 3.8) is 0 Å². The van der Waals surface area contributed by atoms with E-state index < -0.39 is 11.9 Å². The van der Waals surface area contributed by atoms with Crippen LogP contribution in [-0.2, 0) is 9.59 Å². The van der Waals surface area contributed by atoms with Gasteiger partial charge in [-0.05, 0) is 23.6 Å². The molecule has 1 N–H and O–H groups in total. The zero-order valence-corrected chi connectivity index (χ0v) is 13.8. The van der Waals surface area contributed by atoms with Gasteiger partial charge in [-0.3, -0.25) is 9.59 Å². The van der Waals surface area contributed by atoms with E-state index in [-0.39, 0.29) is 18.9 Å². The predicted octanol–water partition coefficient (Wildman–Crippen LogP) is 2.90. The highest BCUT2D eigenvalue weighted by atomic mass is 32.1. The molecule has 0 aliphatic carbocycles. The molecule has 0 unspecified atom stereocenters. The van der Waals surface area contributed by atoms with Crippen LogP contribution in [0.1, 0.15) is 6.42 Å². The Hall–Kier alpha value is -3.00. The Bertz CT molecular complexity index is 935. The molecule has 1 saturated heterocycles. The molecule has 0 saturated carbocycles. The molecule has 2 aromatic heterocycles. The lowest BCUT2D eigenvalue weighted by Gasteiger charge is -2.16. The second-order valence-corrected chi connectivity index (χ2v) is 6.64. The van der Waals surface area contributed by atoms with Crippen LogP contribution in [0.3, 0.4) is 0 Å². The zero-order valence-electron chi connectivity index (χ0n) is 13.0. The fraction of sp³-hybridized carbons (Fsp3) is 0.176. The van der Waals surface area contributed by atoms with Gasteiger partial charge >= 0.3 is 5.97 Å². The van der Waals surface area contributed by atoms with Gasteiger partial charge in [0.05, 0.1) is 10.8 Å². The average Bonchev–Trinajstić information content (AvgIpc) is 3.35. The van der Waals surface area contributed by atoms with Gasteiger partial charge in [-0.15, -0.1) is 11.3 Å². The third kappa shape index (κ3) is 2.91. The van der Waals surface area contributed by atoms with Gasteiger partial charge in [-0.1, -0.05) is 23.4 Å². The van der Waals surface area contributed by atoms with Gasteiger partial charge in [-0.2, -0.15) is 4.98 Å². The van der Waals surface area contributed by atoms with Crippen LogP contribution in [0, 0.1) is 5.92 Å². The number of carbonyl (C=O) groups is 2. The zero-order chi connectivity index (χ0) is 17.4. The van der Waals surface area contributed by atoms with Crippen molar-refractivity contribution >= 4 is 28.9 Å². The molecular weight excluding hydrogens is 342 g/mol. The van der Waals surface area contributed by atoms with Crippen LogP contribution in [0.15, 0.2) is 46.3 Å². The number of rotatable bonds is 4. The molecule has 0 bridgehead atoms. The molecule has 8 heteroatoms. The third-order valence-corrected chi connectivity index (χ3v) is 4.91. The minimum Gasteiger partial charge on any atom is -0.481 e. The first-order chi connectivity index (χ1) is 12.1. The fourth-order valence-electron chi connectivity index (χ4n) is 2.78. The largest absolute Gasteiger partial charge is 0.481 e. The highest BCUT2D eigenvalue weighted by Crippen LogP contribution is 2.30. The molecule has 1 atom stereocenters. The van der Waals surface area contributed by atoms with Crippen molar-refractivity contribution in [1.82, 2.24) is 10.1 Å². The summed E-state index contributed by atoms with van der Waals surface area (Å²) in [4.78, 5) is 30.0. The van der Waals surface area contributed by atoms with Crippen molar-refractivity contribution in [2.45, 2.75) is 6.42 Å². The first-order valence-corrected chi connectivity index (χ1v) is 8.51. The van der Waals surface area contributed by atoms with E-state index >= 15 is 0 Å². The van der Waals surface area contributed by atoms with E-state index in [2.05, 4.69) is 10.1 Å². The number of amides is 1. The standard InChI is InChI=1S/C17H13N3O4S/c21-14-8-11(17(22)23)9-20(14)12-4-1-3-10(7-12)15-18-16(24-19-15)13-5-2-6-25-13/h1-7,11H,8-9H2,(H,22,23)/t11-/m1/s1. The summed E-state index contributed by atoms with van der Waals surface area (Å²) >= 11 is 1.51. The number of carboxylic acids is 1. The third-order valence-electron chi connectivity index (χ3n) is 4.05. The molecule has 4 rings (SSSR count). The van der Waals surface area contributed by atoms with E-state index in [0.717, 1.165) is 4.88 Å². The van der Waals surface area contributed by atoms with Gasteiger partial charge in [0.25, 0.3) is 5.89 Å². The number of nitrogens with zero attached hydrogens (tertiary/aromatic N) is 3. The number of hydrogen-bond donors (Lipinski definition) is 1. The first kappa shape index (κ1) is 15.5. The van der Waals surface area contributed by atoms with Crippen LogP contribution < -0.4 is 4.90 Å². The maximum Gasteiger partial charge on any atom is 0.308 e. The lowest BCUT2D eigenvalue weighted by Crippen LogP contribution is -2.25. The maximum absolute atomic E-state index is 12.1. The Kier molecular flexibility index (Phi) is 3.81. The molecule has 1 fully saturated rings. The van der Waals surface area contributed by atoms with Crippen molar-refractivity contribution in [2.75, 3.05) is 11.4 Å². The summed E-state index contributed by atoms with van der Waals surface area (Å²) in [5, 5.41) is 15.0. The lowest BCUT2D eigenvalue weighted by atomic mass is 10.1. The fourth-order valence-corrected chi connectivity index (χ4v) is 3.42. The van der Waals surface area contributed by atoms with Gasteiger partial charge in [0.1, 0.15) is 0 Å². The van der Waals surface area contributed by atoms with Gasteiger partial charge in [0.15, 0.2) is 0 Å². The smallest absolute Gasteiger partial charge is 0.308 e. The molecular formula is C17H13N3O4S. The summed E-state index contributed by atoms with van der Waals surface area (Å²) in [6.45, 7) is 0.171. The van der Waals surface area contributed by atoms with Gasteiger partial charge in [0, 0.05) is 24.2 Å². The Labute approximate surface area is 146 Å². The number of carbonyl (C=O) groups excluding carboxylic acids is 1. The van der Waals surface area contributed by atoms with Crippen molar-refractivity contribution < 1.29 is 19.2 Å². The summed E-state index contributed by atoms with van der Waals surface area (Å²) in [7, 11) is 0. The number of benzene rings is 1. The maximum atomic E-state index is 12.1. The van der Waals surface area contributed by atoms with E-state index in [4.69, 9.17) is 9.63 Å². The first-order valence-electron chi connectivity index (χ1n) is 7.63. The number of thiophene rings is 1. The monoisotopic (exact) mass is 355 g/mol. The second kappa shape index (κ2) is 6.14. The predicted molar refractivity (Wildman–Crippen MR) is 91.1 cm³/mol. The molecule has 7 nitrogen and oxygen atoms in total. The Morgan fingerprint density at radius 1 is 1.32 bits per heavy atom. The number of aromatic nitrogens is 2.